The number of nitrogens with two attached hydrogens (primary N) is 1. The van der Waals surface area contributed by atoms with Gasteiger partial charge in [0.2, 0.25) is 0 Å². The molecule has 0 bridgehead atoms. The van der Waals surface area contributed by atoms with Gasteiger partial charge < -0.3 is 15.2 Å². The lowest BCUT2D eigenvalue weighted by molar-refractivity contribution is 0.103. The van der Waals surface area contributed by atoms with E-state index in [0.717, 1.165) is 6.42 Å². The van der Waals surface area contributed by atoms with Gasteiger partial charge in [0.1, 0.15) is 0 Å². The van der Waals surface area contributed by atoms with Gasteiger partial charge in [-0.3, -0.25) is 4.79 Å². The molecule has 0 saturated carbocycles. The van der Waals surface area contributed by atoms with E-state index < -0.39 is 0 Å². The Morgan fingerprint density at radius 1 is 1.05 bits per heavy atom. The van der Waals surface area contributed by atoms with Gasteiger partial charge in [0, 0.05) is 28.3 Å². The van der Waals surface area contributed by atoms with Crippen LogP contribution < -0.4 is 15.2 Å². The molecule has 21 heavy (non-hydrogen) atoms. The fourth-order valence-corrected chi connectivity index (χ4v) is 2.36. The summed E-state index contributed by atoms with van der Waals surface area (Å²) in [5.74, 6) is 1.05. The van der Waals surface area contributed by atoms with E-state index in [1.165, 1.54) is 0 Å². The number of carbonyl (C=O) groups is 1. The summed E-state index contributed by atoms with van der Waals surface area (Å²) in [5.41, 5.74) is 7.13. The van der Waals surface area contributed by atoms with Gasteiger partial charge in [0.15, 0.2) is 17.3 Å². The van der Waals surface area contributed by atoms with Crippen molar-refractivity contribution < 1.29 is 14.3 Å². The molecule has 2 aromatic rings. The van der Waals surface area contributed by atoms with Gasteiger partial charge in [-0.2, -0.15) is 0 Å². The lowest BCUT2D eigenvalue weighted by Gasteiger charge is -2.10. The van der Waals surface area contributed by atoms with Crippen LogP contribution in [0.15, 0.2) is 36.4 Å². The van der Waals surface area contributed by atoms with Crippen LogP contribution in [0.2, 0.25) is 5.02 Å². The molecule has 1 heterocycles. The van der Waals surface area contributed by atoms with Gasteiger partial charge in [-0.1, -0.05) is 11.6 Å². The lowest BCUT2D eigenvalue weighted by Crippen LogP contribution is -2.06. The Hall–Kier alpha value is -2.20. The fourth-order valence-electron chi connectivity index (χ4n) is 2.19. The first-order valence-electron chi connectivity index (χ1n) is 6.64. The predicted molar refractivity (Wildman–Crippen MR) is 81.3 cm³/mol. The minimum Gasteiger partial charge on any atom is -0.490 e. The van der Waals surface area contributed by atoms with E-state index in [2.05, 4.69) is 0 Å². The second-order valence-corrected chi connectivity index (χ2v) is 5.21. The fraction of sp³-hybridized carbons (Fsp3) is 0.188. The zero-order valence-electron chi connectivity index (χ0n) is 11.3. The van der Waals surface area contributed by atoms with Crippen molar-refractivity contribution in [2.45, 2.75) is 6.42 Å². The second-order valence-electron chi connectivity index (χ2n) is 4.77. The highest BCUT2D eigenvalue weighted by molar-refractivity contribution is 6.31. The maximum absolute atomic E-state index is 12.6. The van der Waals surface area contributed by atoms with Gasteiger partial charge >= 0.3 is 0 Å². The summed E-state index contributed by atoms with van der Waals surface area (Å²) < 4.78 is 11.1. The number of fused-ring (bicyclic) bond motifs is 1. The van der Waals surface area contributed by atoms with Crippen molar-refractivity contribution in [3.63, 3.8) is 0 Å². The van der Waals surface area contributed by atoms with Gasteiger partial charge in [-0.05, 0) is 36.4 Å². The number of hydrogen-bond acceptors (Lipinski definition) is 4. The zero-order valence-corrected chi connectivity index (χ0v) is 12.0. The molecule has 0 unspecified atom stereocenters. The molecule has 1 aliphatic rings. The minimum absolute atomic E-state index is 0.189. The van der Waals surface area contributed by atoms with Crippen LogP contribution in [0.25, 0.3) is 0 Å². The highest BCUT2D eigenvalue weighted by Gasteiger charge is 2.17. The first-order chi connectivity index (χ1) is 10.1. The molecule has 0 amide bonds. The number of ether oxygens (including phenoxy) is 2. The maximum Gasteiger partial charge on any atom is 0.195 e. The number of carbonyl (C=O) groups excluding carboxylic acids is 1. The maximum atomic E-state index is 12.6. The molecule has 4 nitrogen and oxygen atoms in total. The molecule has 0 aromatic heterocycles. The van der Waals surface area contributed by atoms with Crippen LogP contribution in [0.1, 0.15) is 22.3 Å². The Kier molecular flexibility index (Phi) is 3.71. The Balaban J connectivity index is 1.98. The quantitative estimate of drug-likeness (QED) is 0.683. The molecule has 108 valence electrons. The van der Waals surface area contributed by atoms with Gasteiger partial charge in [-0.15, -0.1) is 0 Å². The van der Waals surface area contributed by atoms with E-state index in [1.54, 1.807) is 36.4 Å². The summed E-state index contributed by atoms with van der Waals surface area (Å²) in [5, 5.41) is 0.474. The molecule has 0 radical (unpaired) electrons. The average Bonchev–Trinajstić information content (AvgIpc) is 2.73. The number of rotatable bonds is 2. The van der Waals surface area contributed by atoms with Crippen molar-refractivity contribution >= 4 is 23.1 Å². The number of ketones is 1. The van der Waals surface area contributed by atoms with Crippen molar-refractivity contribution in [3.05, 3.63) is 52.5 Å². The van der Waals surface area contributed by atoms with Crippen LogP contribution >= 0.6 is 11.6 Å². The predicted octanol–water partition coefficient (Wildman–Crippen LogP) is 3.31. The summed E-state index contributed by atoms with van der Waals surface area (Å²) in [6.07, 6.45) is 0.819. The van der Waals surface area contributed by atoms with E-state index in [-0.39, 0.29) is 5.78 Å². The number of anilines is 1. The molecule has 0 fully saturated rings. The third kappa shape index (κ3) is 2.81. The second kappa shape index (κ2) is 5.66. The van der Waals surface area contributed by atoms with Crippen molar-refractivity contribution in [2.75, 3.05) is 18.9 Å². The molecular weight excluding hydrogens is 290 g/mol. The van der Waals surface area contributed by atoms with E-state index in [4.69, 9.17) is 26.8 Å². The van der Waals surface area contributed by atoms with Crippen LogP contribution in [-0.4, -0.2) is 19.0 Å². The Morgan fingerprint density at radius 3 is 2.62 bits per heavy atom. The normalized spacial score (nSPS) is 13.6. The summed E-state index contributed by atoms with van der Waals surface area (Å²) >= 11 is 5.93. The van der Waals surface area contributed by atoms with E-state index in [1.807, 2.05) is 0 Å². The summed E-state index contributed by atoms with van der Waals surface area (Å²) in [4.78, 5) is 12.6. The van der Waals surface area contributed by atoms with Crippen LogP contribution in [0.3, 0.4) is 0 Å². The zero-order chi connectivity index (χ0) is 14.8. The monoisotopic (exact) mass is 303 g/mol. The summed E-state index contributed by atoms with van der Waals surface area (Å²) in [6.45, 7) is 1.19. The molecular formula is C16H14ClNO3. The lowest BCUT2D eigenvalue weighted by atomic mass is 10.0. The molecule has 2 aromatic carbocycles. The third-order valence-corrected chi connectivity index (χ3v) is 3.50. The Bertz CT molecular complexity index is 700. The van der Waals surface area contributed by atoms with Crippen molar-refractivity contribution in [2.24, 2.45) is 0 Å². The molecule has 0 atom stereocenters. The molecule has 0 spiro atoms. The first-order valence-corrected chi connectivity index (χ1v) is 7.02. The SMILES string of the molecule is Nc1ccc(Cl)cc1C(=O)c1ccc2c(c1)OCCCO2. The highest BCUT2D eigenvalue weighted by Crippen LogP contribution is 2.32. The first kappa shape index (κ1) is 13.8. The van der Waals surface area contributed by atoms with Crippen molar-refractivity contribution in [1.29, 1.82) is 0 Å². The van der Waals surface area contributed by atoms with Crippen LogP contribution in [0.4, 0.5) is 5.69 Å². The standard InChI is InChI=1S/C16H14ClNO3/c17-11-3-4-13(18)12(9-11)16(19)10-2-5-14-15(8-10)21-7-1-6-20-14/h2-5,8-9H,1,6-7,18H2. The Labute approximate surface area is 127 Å². The number of nitrogen functional groups attached to an aromatic ring is 1. The number of benzene rings is 2. The van der Waals surface area contributed by atoms with E-state index in [0.29, 0.717) is 46.5 Å². The van der Waals surface area contributed by atoms with Gasteiger partial charge in [-0.25, -0.2) is 0 Å². The molecule has 3 rings (SSSR count). The van der Waals surface area contributed by atoms with Gasteiger partial charge in [0.25, 0.3) is 0 Å². The average molecular weight is 304 g/mol. The van der Waals surface area contributed by atoms with E-state index in [9.17, 15) is 4.79 Å². The summed E-state index contributed by atoms with van der Waals surface area (Å²) in [6, 6.07) is 9.98. The smallest absolute Gasteiger partial charge is 0.195 e. The van der Waals surface area contributed by atoms with Crippen molar-refractivity contribution in [1.82, 2.24) is 0 Å². The molecule has 5 heteroatoms. The third-order valence-electron chi connectivity index (χ3n) is 3.27. The summed E-state index contributed by atoms with van der Waals surface area (Å²) in [7, 11) is 0. The largest absolute Gasteiger partial charge is 0.490 e. The molecule has 1 aliphatic heterocycles. The number of hydrogen-bond donors (Lipinski definition) is 1. The van der Waals surface area contributed by atoms with Crippen LogP contribution in [-0.2, 0) is 0 Å². The van der Waals surface area contributed by atoms with Crippen LogP contribution in [0.5, 0.6) is 11.5 Å². The van der Waals surface area contributed by atoms with Gasteiger partial charge in [0.05, 0.1) is 13.2 Å². The van der Waals surface area contributed by atoms with E-state index >= 15 is 0 Å². The molecule has 0 aliphatic carbocycles. The Morgan fingerprint density at radius 2 is 1.81 bits per heavy atom. The van der Waals surface area contributed by atoms with Crippen molar-refractivity contribution in [3.8, 4) is 11.5 Å². The van der Waals surface area contributed by atoms with Crippen LogP contribution in [0, 0.1) is 0 Å². The minimum atomic E-state index is -0.189. The number of halogens is 1. The molecule has 0 saturated heterocycles. The topological polar surface area (TPSA) is 61.6 Å². The highest BCUT2D eigenvalue weighted by atomic mass is 35.5. The molecule has 2 N–H and O–H groups in total.